The Labute approximate surface area is 193 Å². The number of rotatable bonds is 3. The van der Waals surface area contributed by atoms with Crippen LogP contribution in [0.1, 0.15) is 68.1 Å². The minimum absolute atomic E-state index is 0.0160. The van der Waals surface area contributed by atoms with Crippen LogP contribution in [0.4, 0.5) is 11.4 Å². The molecule has 2 heterocycles. The summed E-state index contributed by atoms with van der Waals surface area (Å²) in [6.45, 7) is 9.93. The summed E-state index contributed by atoms with van der Waals surface area (Å²) in [5.74, 6) is -0.101. The van der Waals surface area contributed by atoms with Crippen LogP contribution < -0.4 is 9.80 Å². The predicted octanol–water partition coefficient (Wildman–Crippen LogP) is 5.97. The summed E-state index contributed by atoms with van der Waals surface area (Å²) in [7, 11) is 0. The van der Waals surface area contributed by atoms with E-state index in [1.54, 1.807) is 6.92 Å². The molecule has 0 saturated carbocycles. The number of nitrogens with zero attached hydrogens (tertiary/aromatic N) is 3. The van der Waals surface area contributed by atoms with Crippen molar-refractivity contribution in [3.05, 3.63) is 76.2 Å². The molecule has 0 unspecified atom stereocenters. The summed E-state index contributed by atoms with van der Waals surface area (Å²) in [5, 5.41) is 2.48. The largest absolute Gasteiger partial charge is 0.305 e. The molecule has 6 heteroatoms. The molecule has 1 aliphatic rings. The second kappa shape index (κ2) is 8.51. The minimum atomic E-state index is -0.147. The van der Waals surface area contributed by atoms with Crippen molar-refractivity contribution in [1.29, 1.82) is 0 Å². The number of thiazole rings is 1. The lowest BCUT2D eigenvalue weighted by Crippen LogP contribution is -2.47. The maximum atomic E-state index is 13.6. The van der Waals surface area contributed by atoms with Gasteiger partial charge in [-0.25, -0.2) is 4.98 Å². The molecule has 0 fully saturated rings. The van der Waals surface area contributed by atoms with Crippen molar-refractivity contribution in [3.8, 4) is 0 Å². The molecule has 0 spiro atoms. The quantitative estimate of drug-likeness (QED) is 0.497. The Morgan fingerprint density at radius 1 is 1.06 bits per heavy atom. The Bertz CT molecular complexity index is 1130. The Morgan fingerprint density at radius 3 is 2.34 bits per heavy atom. The lowest BCUT2D eigenvalue weighted by molar-refractivity contribution is -0.117. The van der Waals surface area contributed by atoms with Crippen LogP contribution >= 0.6 is 11.3 Å². The van der Waals surface area contributed by atoms with Gasteiger partial charge in [0.25, 0.3) is 5.91 Å². The van der Waals surface area contributed by atoms with Gasteiger partial charge in [-0.1, -0.05) is 57.2 Å². The van der Waals surface area contributed by atoms with Crippen molar-refractivity contribution in [2.75, 3.05) is 9.80 Å². The summed E-state index contributed by atoms with van der Waals surface area (Å²) >= 11 is 1.40. The third kappa shape index (κ3) is 4.07. The average Bonchev–Trinajstić information content (AvgIpc) is 3.25. The molecule has 5 nitrogen and oxygen atoms in total. The zero-order valence-electron chi connectivity index (χ0n) is 19.2. The van der Waals surface area contributed by atoms with Crippen LogP contribution in [0.5, 0.6) is 0 Å². The van der Waals surface area contributed by atoms with Crippen molar-refractivity contribution in [2.24, 2.45) is 0 Å². The maximum Gasteiger partial charge on any atom is 0.287 e. The summed E-state index contributed by atoms with van der Waals surface area (Å²) in [6.07, 6.45) is 0.648. The van der Waals surface area contributed by atoms with Gasteiger partial charge >= 0.3 is 0 Å². The summed E-state index contributed by atoms with van der Waals surface area (Å²) in [5.41, 5.74) is 3.50. The molecule has 0 aliphatic carbocycles. The number of aromatic nitrogens is 1. The lowest BCUT2D eigenvalue weighted by Gasteiger charge is -2.43. The first-order chi connectivity index (χ1) is 15.2. The number of carbonyl (C=O) groups excluding carboxylic acids is 2. The highest BCUT2D eigenvalue weighted by atomic mass is 32.1. The van der Waals surface area contributed by atoms with Crippen molar-refractivity contribution in [2.45, 2.75) is 58.5 Å². The first kappa shape index (κ1) is 22.2. The number of anilines is 2. The first-order valence-corrected chi connectivity index (χ1v) is 11.8. The van der Waals surface area contributed by atoms with Crippen molar-refractivity contribution in [3.63, 3.8) is 0 Å². The number of fused-ring (bicyclic) bond motifs is 1. The monoisotopic (exact) mass is 447 g/mol. The van der Waals surface area contributed by atoms with Crippen LogP contribution in [-0.4, -0.2) is 22.8 Å². The van der Waals surface area contributed by atoms with Gasteiger partial charge in [-0.2, -0.15) is 0 Å². The third-order valence-corrected chi connectivity index (χ3v) is 6.75. The third-order valence-electron chi connectivity index (χ3n) is 5.92. The SMILES string of the molecule is CC(=O)N(c1ccccc1)[C@@H]1C[C@H](C)N(C(=O)c2nc(C(C)(C)C)cs2)c2ccccc21. The van der Waals surface area contributed by atoms with Crippen LogP contribution in [0.3, 0.4) is 0 Å². The molecule has 4 rings (SSSR count). The zero-order chi connectivity index (χ0) is 23.0. The average molecular weight is 448 g/mol. The molecule has 166 valence electrons. The maximum absolute atomic E-state index is 13.6. The normalized spacial score (nSPS) is 18.2. The smallest absolute Gasteiger partial charge is 0.287 e. The van der Waals surface area contributed by atoms with Gasteiger partial charge in [-0.3, -0.25) is 9.59 Å². The van der Waals surface area contributed by atoms with Crippen LogP contribution in [0.15, 0.2) is 60.0 Å². The van der Waals surface area contributed by atoms with Gasteiger partial charge in [0.15, 0.2) is 5.01 Å². The fraction of sp³-hybridized carbons (Fsp3) is 0.346. The molecular weight excluding hydrogens is 418 g/mol. The van der Waals surface area contributed by atoms with E-state index in [2.05, 4.69) is 25.8 Å². The molecule has 2 amide bonds. The van der Waals surface area contributed by atoms with Gasteiger partial charge in [-0.05, 0) is 37.1 Å². The number of amides is 2. The highest BCUT2D eigenvalue weighted by molar-refractivity contribution is 7.11. The highest BCUT2D eigenvalue weighted by Gasteiger charge is 2.39. The predicted molar refractivity (Wildman–Crippen MR) is 130 cm³/mol. The van der Waals surface area contributed by atoms with Gasteiger partial charge in [0.2, 0.25) is 5.91 Å². The Kier molecular flexibility index (Phi) is 5.91. The molecule has 0 bridgehead atoms. The van der Waals surface area contributed by atoms with Crippen LogP contribution in [0, 0.1) is 0 Å². The molecular formula is C26H29N3O2S. The van der Waals surface area contributed by atoms with E-state index >= 15 is 0 Å². The van der Waals surface area contributed by atoms with E-state index in [-0.39, 0.29) is 29.3 Å². The molecule has 0 N–H and O–H groups in total. The highest BCUT2D eigenvalue weighted by Crippen LogP contribution is 2.43. The van der Waals surface area contributed by atoms with E-state index in [0.717, 1.165) is 22.6 Å². The van der Waals surface area contributed by atoms with Crippen molar-refractivity contribution < 1.29 is 9.59 Å². The van der Waals surface area contributed by atoms with E-state index in [9.17, 15) is 9.59 Å². The molecule has 1 aromatic heterocycles. The van der Waals surface area contributed by atoms with E-state index in [0.29, 0.717) is 11.4 Å². The Balaban J connectivity index is 1.75. The van der Waals surface area contributed by atoms with Crippen LogP contribution in [0.25, 0.3) is 0 Å². The number of benzene rings is 2. The van der Waals surface area contributed by atoms with Crippen molar-refractivity contribution >= 4 is 34.5 Å². The molecule has 1 aliphatic heterocycles. The number of para-hydroxylation sites is 2. The topological polar surface area (TPSA) is 53.5 Å². The van der Waals surface area contributed by atoms with Gasteiger partial charge in [0, 0.05) is 35.1 Å². The standard InChI is InChI=1S/C26H29N3O2S/c1-17-15-22(29(18(2)30)19-11-7-6-8-12-19)20-13-9-10-14-21(20)28(17)25(31)24-27-23(16-32-24)26(3,4)5/h6-14,16-17,22H,15H2,1-5H3/t17-,22+/m0/s1. The molecule has 2 aromatic carbocycles. The summed E-state index contributed by atoms with van der Waals surface area (Å²) < 4.78 is 0. The molecule has 0 radical (unpaired) electrons. The second-order valence-corrected chi connectivity index (χ2v) is 10.2. The Morgan fingerprint density at radius 2 is 1.72 bits per heavy atom. The second-order valence-electron chi connectivity index (χ2n) is 9.35. The fourth-order valence-electron chi connectivity index (χ4n) is 4.32. The van der Waals surface area contributed by atoms with E-state index < -0.39 is 0 Å². The number of hydrogen-bond acceptors (Lipinski definition) is 4. The summed E-state index contributed by atoms with van der Waals surface area (Å²) in [4.78, 5) is 34.7. The van der Waals surface area contributed by atoms with Crippen molar-refractivity contribution in [1.82, 2.24) is 4.98 Å². The first-order valence-electron chi connectivity index (χ1n) is 10.9. The van der Waals surface area contributed by atoms with Gasteiger partial charge in [0.1, 0.15) is 0 Å². The van der Waals surface area contributed by atoms with Crippen LogP contribution in [0.2, 0.25) is 0 Å². The Hall–Kier alpha value is -2.99. The van der Waals surface area contributed by atoms with E-state index in [1.165, 1.54) is 11.3 Å². The van der Waals surface area contributed by atoms with Gasteiger partial charge in [-0.15, -0.1) is 11.3 Å². The summed E-state index contributed by atoms with van der Waals surface area (Å²) in [6, 6.07) is 17.4. The van der Waals surface area contributed by atoms with Gasteiger partial charge < -0.3 is 9.80 Å². The molecule has 2 atom stereocenters. The van der Waals surface area contributed by atoms with Crippen LogP contribution in [-0.2, 0) is 10.2 Å². The molecule has 3 aromatic rings. The minimum Gasteiger partial charge on any atom is -0.305 e. The molecule has 0 saturated heterocycles. The lowest BCUT2D eigenvalue weighted by atomic mass is 9.90. The van der Waals surface area contributed by atoms with E-state index in [4.69, 9.17) is 0 Å². The molecule has 32 heavy (non-hydrogen) atoms. The van der Waals surface area contributed by atoms with E-state index in [1.807, 2.05) is 76.7 Å². The fourth-order valence-corrected chi connectivity index (χ4v) is 5.30. The number of carbonyl (C=O) groups is 2. The van der Waals surface area contributed by atoms with Gasteiger partial charge in [0.05, 0.1) is 11.7 Å². The zero-order valence-corrected chi connectivity index (χ0v) is 20.0. The number of hydrogen-bond donors (Lipinski definition) is 0.